The molecule has 4 heterocycles. The molecule has 1 saturated carbocycles. The highest BCUT2D eigenvalue weighted by Crippen LogP contribution is 2.25. The summed E-state index contributed by atoms with van der Waals surface area (Å²) >= 11 is 0. The van der Waals surface area contributed by atoms with Crippen molar-refractivity contribution in [3.63, 3.8) is 0 Å². The fourth-order valence-corrected chi connectivity index (χ4v) is 5.54. The van der Waals surface area contributed by atoms with Crippen LogP contribution in [0.2, 0.25) is 78.6 Å². The number of epoxide rings is 4. The molecular weight excluding hydrogens is 1190 g/mol. The van der Waals surface area contributed by atoms with Crippen LogP contribution in [0.5, 0.6) is 0 Å². The minimum atomic E-state index is -0.611. The van der Waals surface area contributed by atoms with Crippen molar-refractivity contribution < 1.29 is 37.9 Å². The summed E-state index contributed by atoms with van der Waals surface area (Å²) in [4.78, 5) is 0. The fourth-order valence-electron chi connectivity index (χ4n) is 5.54. The third-order valence-electron chi connectivity index (χ3n) is 11.4. The van der Waals surface area contributed by atoms with E-state index < -0.39 is 16.1 Å². The van der Waals surface area contributed by atoms with Crippen LogP contribution in [-0.4, -0.2) is 113 Å². The zero-order valence-corrected chi connectivity index (χ0v) is 71.9. The molecule has 1 aromatic carbocycles. The van der Waals surface area contributed by atoms with Crippen LogP contribution < -0.4 is 0 Å². The van der Waals surface area contributed by atoms with Gasteiger partial charge in [-0.15, -0.1) is 26.3 Å². The first kappa shape index (κ1) is 106. The molecule has 0 aromatic heterocycles. The van der Waals surface area contributed by atoms with E-state index in [2.05, 4.69) is 247 Å². The standard InChI is InChI=1S/3C8H16O2.C8H16.C8H10.C7H14O2.4C5H10.2C4H12Si.2C2H8Si/c3*1-7(2)4-3-5-9-8-6-10-8;2*1-2-8-6-4-3-5-7-8;1-2-3-4-5-8-7-6-9-7;4*1-4-5(2)3;2*1-5(2,3)4;2*1-3-2/h3*7-8H,3-6H2,1-2H3;8H,2-7H2,1H3;3-7H,2H2,1H3;7H,2-6H2,1H3;4*4-5H,1H2,2-3H3;2*1-4H3;2*3H2,1-2H3. The lowest BCUT2D eigenvalue weighted by molar-refractivity contribution is 0.0466. The predicted molar refractivity (Wildman–Crippen MR) is 426 cm³/mol. The molecule has 12 heteroatoms. The second-order valence-corrected chi connectivity index (χ2v) is 44.8. The van der Waals surface area contributed by atoms with Gasteiger partial charge in [-0.25, -0.2) is 0 Å². The molecule has 5 aliphatic rings. The molecule has 548 valence electrons. The number of hydrogen-bond donors (Lipinski definition) is 0. The minimum Gasteiger partial charge on any atom is -0.350 e. The molecular formula is C79H168O8Si4. The molecule has 4 atom stereocenters. The van der Waals surface area contributed by atoms with Gasteiger partial charge in [-0.3, -0.25) is 0 Å². The van der Waals surface area contributed by atoms with Crippen LogP contribution in [0.4, 0.5) is 0 Å². The highest BCUT2D eigenvalue weighted by molar-refractivity contribution is 6.75. The Labute approximate surface area is 580 Å². The van der Waals surface area contributed by atoms with E-state index in [4.69, 9.17) is 37.9 Å². The van der Waals surface area contributed by atoms with Crippen LogP contribution in [0.3, 0.4) is 0 Å². The second kappa shape index (κ2) is 79.4. The number of ether oxygens (including phenoxy) is 8. The normalized spacial score (nSPS) is 16.7. The van der Waals surface area contributed by atoms with Gasteiger partial charge in [-0.2, -0.15) is 0 Å². The molecule has 0 amide bonds. The number of rotatable bonds is 26. The van der Waals surface area contributed by atoms with Gasteiger partial charge in [-0.05, 0) is 104 Å². The Morgan fingerprint density at radius 3 is 0.813 bits per heavy atom. The maximum Gasteiger partial charge on any atom is 0.181 e. The lowest BCUT2D eigenvalue weighted by Gasteiger charge is -2.18. The van der Waals surface area contributed by atoms with Crippen LogP contribution in [0.25, 0.3) is 0 Å². The molecule has 1 aromatic rings. The summed E-state index contributed by atoms with van der Waals surface area (Å²) in [6.07, 6.45) is 29.3. The maximum absolute atomic E-state index is 5.28. The summed E-state index contributed by atoms with van der Waals surface area (Å²) in [6, 6.07) is 10.5. The summed E-state index contributed by atoms with van der Waals surface area (Å²) < 4.78 is 40.6. The molecule has 0 radical (unpaired) electrons. The van der Waals surface area contributed by atoms with Crippen molar-refractivity contribution in [3.05, 3.63) is 86.5 Å². The number of unbranched alkanes of at least 4 members (excludes halogenated alkanes) is 2. The molecule has 0 bridgehead atoms. The highest BCUT2D eigenvalue weighted by Gasteiger charge is 2.24. The molecule has 1 aliphatic carbocycles. The lowest BCUT2D eigenvalue weighted by atomic mass is 9.88. The third-order valence-corrected chi connectivity index (χ3v) is 11.4. The summed E-state index contributed by atoms with van der Waals surface area (Å²) in [5.74, 6) is 6.06. The quantitative estimate of drug-likeness (QED) is 0.0392. The van der Waals surface area contributed by atoms with Gasteiger partial charge < -0.3 is 37.9 Å². The second-order valence-electron chi connectivity index (χ2n) is 29.9. The van der Waals surface area contributed by atoms with E-state index in [9.17, 15) is 0 Å². The Bertz CT molecular complexity index is 1360. The van der Waals surface area contributed by atoms with E-state index in [1.54, 1.807) is 0 Å². The molecule has 91 heavy (non-hydrogen) atoms. The van der Waals surface area contributed by atoms with Crippen molar-refractivity contribution in [2.24, 2.45) is 47.3 Å². The van der Waals surface area contributed by atoms with Crippen molar-refractivity contribution in [1.82, 2.24) is 0 Å². The molecule has 8 nitrogen and oxygen atoms in total. The fraction of sp³-hybridized carbons (Fsp3) is 0.823. The smallest absolute Gasteiger partial charge is 0.181 e. The molecule has 0 N–H and O–H groups in total. The van der Waals surface area contributed by atoms with Gasteiger partial charge in [0.05, 0.1) is 0 Å². The SMILES string of the molecule is C=CC(C)C.C=CC(C)C.C=CC(C)C.C=CC(C)C.CC(C)CCCOC1CO1.CC(C)CCCOC1CO1.CC(C)CCCOC1CO1.CCC1CCCCC1.CCCCCOC1CO1.CCc1ccccc1.C[SiH2]C.C[SiH2]C.C[Si](C)(C)C.C[Si](C)(C)C. The molecule has 0 spiro atoms. The largest absolute Gasteiger partial charge is 0.350 e. The summed E-state index contributed by atoms with van der Waals surface area (Å²) in [5, 5.41) is 0. The average molecular weight is 1360 g/mol. The molecule has 4 saturated heterocycles. The van der Waals surface area contributed by atoms with E-state index in [1.807, 2.05) is 30.4 Å². The Hall–Kier alpha value is -1.27. The van der Waals surface area contributed by atoms with Gasteiger partial charge in [-0.1, -0.05) is 302 Å². The Morgan fingerprint density at radius 2 is 0.659 bits per heavy atom. The number of allylic oxidation sites excluding steroid dienone is 4. The average Bonchev–Trinajstić information content (AvgIpc) is 3.58. The van der Waals surface area contributed by atoms with E-state index in [-0.39, 0.29) is 25.2 Å². The van der Waals surface area contributed by atoms with Gasteiger partial charge in [0.1, 0.15) is 26.4 Å². The first-order valence-electron chi connectivity index (χ1n) is 37.0. The predicted octanol–water partition coefficient (Wildman–Crippen LogP) is 23.9. The van der Waals surface area contributed by atoms with Crippen molar-refractivity contribution >= 4 is 35.2 Å². The third kappa shape index (κ3) is 154. The Kier molecular flexibility index (Phi) is 92.3. The van der Waals surface area contributed by atoms with Crippen LogP contribution in [0, 0.1) is 47.3 Å². The molecule has 6 rings (SSSR count). The first-order valence-corrected chi connectivity index (χ1v) is 50.7. The van der Waals surface area contributed by atoms with Crippen LogP contribution in [0.15, 0.2) is 81.0 Å². The maximum atomic E-state index is 5.28. The van der Waals surface area contributed by atoms with E-state index in [0.29, 0.717) is 42.7 Å². The van der Waals surface area contributed by atoms with Gasteiger partial charge in [0.15, 0.2) is 25.2 Å². The van der Waals surface area contributed by atoms with E-state index in [0.717, 1.165) is 102 Å². The summed E-state index contributed by atoms with van der Waals surface area (Å²) in [7, 11) is -0.389. The zero-order chi connectivity index (χ0) is 71.9. The molecule has 5 fully saturated rings. The van der Waals surface area contributed by atoms with Gasteiger partial charge in [0, 0.05) is 61.6 Å². The molecule has 4 aliphatic heterocycles. The van der Waals surface area contributed by atoms with E-state index >= 15 is 0 Å². The van der Waals surface area contributed by atoms with Crippen LogP contribution >= 0.6 is 0 Å². The van der Waals surface area contributed by atoms with Crippen LogP contribution in [-0.2, 0) is 44.3 Å². The van der Waals surface area contributed by atoms with Crippen molar-refractivity contribution in [1.29, 1.82) is 0 Å². The summed E-state index contributed by atoms with van der Waals surface area (Å²) in [5.41, 5.74) is 1.41. The van der Waals surface area contributed by atoms with Crippen molar-refractivity contribution in [3.8, 4) is 0 Å². The highest BCUT2D eigenvalue weighted by atomic mass is 28.3. The number of aryl methyl sites for hydroxylation is 1. The van der Waals surface area contributed by atoms with Crippen molar-refractivity contribution in [2.45, 2.75) is 324 Å². The van der Waals surface area contributed by atoms with E-state index in [1.165, 1.54) is 82.6 Å². The first-order chi connectivity index (χ1) is 42.6. The van der Waals surface area contributed by atoms with Gasteiger partial charge >= 0.3 is 0 Å². The lowest BCUT2D eigenvalue weighted by Crippen LogP contribution is -2.10. The summed E-state index contributed by atoms with van der Waals surface area (Å²) in [6.45, 7) is 85.5. The van der Waals surface area contributed by atoms with Gasteiger partial charge in [0.2, 0.25) is 0 Å². The van der Waals surface area contributed by atoms with Gasteiger partial charge in [0.25, 0.3) is 0 Å². The van der Waals surface area contributed by atoms with Crippen molar-refractivity contribution in [2.75, 3.05) is 52.9 Å². The number of hydrogen-bond acceptors (Lipinski definition) is 8. The Balaban J connectivity index is -0.000000138. The molecule has 4 unspecified atom stereocenters. The topological polar surface area (TPSA) is 87.0 Å². The minimum absolute atomic E-state index is 0.146. The zero-order valence-electron chi connectivity index (χ0n) is 67.1. The Morgan fingerprint density at radius 1 is 0.429 bits per heavy atom. The monoisotopic (exact) mass is 1360 g/mol. The van der Waals surface area contributed by atoms with Crippen LogP contribution in [0.1, 0.15) is 220 Å². The number of benzene rings is 1.